The fraction of sp³-hybridized carbons (Fsp3) is 0.860. The maximum absolute atomic E-state index is 14.5. The van der Waals surface area contributed by atoms with Crippen molar-refractivity contribution in [2.24, 2.45) is 28.8 Å². The van der Waals surface area contributed by atoms with Crippen molar-refractivity contribution in [1.82, 2.24) is 25.1 Å². The number of urea groups is 1. The van der Waals surface area contributed by atoms with Crippen molar-refractivity contribution < 1.29 is 78.2 Å². The van der Waals surface area contributed by atoms with E-state index in [1.807, 2.05) is 25.9 Å². The molecule has 1 aromatic heterocycles. The molecule has 4 saturated heterocycles. The summed E-state index contributed by atoms with van der Waals surface area (Å²) in [5, 5.41) is 79.9. The predicted molar refractivity (Wildman–Crippen MR) is 267 cm³/mol. The summed E-state index contributed by atoms with van der Waals surface area (Å²) in [5.74, 6) is -4.60. The molecule has 1 aromatic rings. The maximum atomic E-state index is 14.5. The number of aryl methyl sites for hydroxylation is 1. The number of nitrogens with one attached hydrogen (secondary N) is 3. The Morgan fingerprint density at radius 1 is 0.959 bits per heavy atom. The van der Waals surface area contributed by atoms with Gasteiger partial charge in [0.2, 0.25) is 0 Å². The average Bonchev–Trinajstić information content (AvgIpc) is 3.74. The SMILES string of the molecule is CC[C@H]1OC(=O)[C@H](C)[C@@H](O[C@H]2C[C@@](C)(OC)[C@@H](O)[C@H](C)O2)[C@H](C)[C@@H](O[C@@H]2O[C@H](C)C[C@H](N(C)C)[C@H]2O)[C@](C)(O)C[C@@H](C)/C(=N\OCCNC(=O)N[C@H]2C[C@H](n3cc(C)c(=O)[nH]c3=O)O[C@@H]2CO)[C@H](C)[C@@H](O)[C@]1(C)O. The van der Waals surface area contributed by atoms with Gasteiger partial charge in [-0.25, -0.2) is 9.59 Å². The van der Waals surface area contributed by atoms with E-state index in [4.69, 9.17) is 38.0 Å². The topological polar surface area (TPSA) is 324 Å². The smallest absolute Gasteiger partial charge is 0.330 e. The van der Waals surface area contributed by atoms with Gasteiger partial charge in [-0.15, -0.1) is 0 Å². The normalized spacial score (nSPS) is 42.4. The minimum atomic E-state index is -2.07. The summed E-state index contributed by atoms with van der Waals surface area (Å²) < 4.78 is 44.9. The van der Waals surface area contributed by atoms with Gasteiger partial charge in [-0.3, -0.25) is 19.1 Å². The van der Waals surface area contributed by atoms with Crippen LogP contribution in [0.15, 0.2) is 20.9 Å². The molecule has 424 valence electrons. The van der Waals surface area contributed by atoms with E-state index in [-0.39, 0.29) is 62.3 Å². The number of oxime groups is 1. The Morgan fingerprint density at radius 2 is 1.64 bits per heavy atom. The summed E-state index contributed by atoms with van der Waals surface area (Å²) >= 11 is 0. The lowest BCUT2D eigenvalue weighted by Crippen LogP contribution is -2.61. The molecule has 5 heterocycles. The standard InChI is InChI=1S/C50H86N6O18/c1-15-34-50(11,66)40(59)27(5)37(54-68-17-16-51-46(63)52-31-19-35(71-33(31)23-57)56-22-25(3)43(61)53-47(56)64)24(2)20-48(9,65)42(74-45-38(58)32(55(12)13)18-26(4)69-45)28(6)39(29(7)44(62)72-34)73-36-21-49(10,67-14)41(60)30(8)70-36/h22,24,26-36,38-42,45,57-60,65-66H,15-21,23H2,1-14H3,(H2,51,52,63)(H,53,61,64)/b54-37+/t24-,26-,27+,28+,29-,30+,31+,32+,33-,34-,35-,36+,38-,39+,40-,41+,42-,45+,48-,49-,50-/m1/s1. The molecule has 5 rings (SSSR count). The fourth-order valence-electron chi connectivity index (χ4n) is 11.2. The number of H-pyrrole nitrogens is 1. The largest absolute Gasteiger partial charge is 0.459 e. The van der Waals surface area contributed by atoms with Crippen molar-refractivity contribution in [2.75, 3.05) is 41.0 Å². The number of rotatable bonds is 14. The third kappa shape index (κ3) is 13.9. The van der Waals surface area contributed by atoms with Crippen LogP contribution in [0.3, 0.4) is 0 Å². The Labute approximate surface area is 433 Å². The number of amides is 2. The Morgan fingerprint density at radius 3 is 2.26 bits per heavy atom. The van der Waals surface area contributed by atoms with Crippen molar-refractivity contribution in [2.45, 2.75) is 211 Å². The molecule has 0 aliphatic carbocycles. The number of hydrogen-bond donors (Lipinski definition) is 9. The highest BCUT2D eigenvalue weighted by Crippen LogP contribution is 2.41. The van der Waals surface area contributed by atoms with Crippen LogP contribution in [0.5, 0.6) is 0 Å². The third-order valence-corrected chi connectivity index (χ3v) is 15.7. The molecule has 4 fully saturated rings. The number of carbonyl (C=O) groups is 2. The first-order chi connectivity index (χ1) is 34.5. The van der Waals surface area contributed by atoms with E-state index in [1.54, 1.807) is 55.4 Å². The number of nitrogens with zero attached hydrogens (tertiary/aromatic N) is 3. The van der Waals surface area contributed by atoms with Crippen LogP contribution >= 0.6 is 0 Å². The van der Waals surface area contributed by atoms with Crippen LogP contribution in [0, 0.1) is 30.6 Å². The van der Waals surface area contributed by atoms with Gasteiger partial charge < -0.3 is 84.2 Å². The number of ether oxygens (including phenoxy) is 7. The molecule has 9 N–H and O–H groups in total. The van der Waals surface area contributed by atoms with Crippen molar-refractivity contribution in [3.63, 3.8) is 0 Å². The molecule has 0 spiro atoms. The number of aliphatic hydroxyl groups is 6. The summed E-state index contributed by atoms with van der Waals surface area (Å²) in [6, 6.07) is -1.76. The maximum Gasteiger partial charge on any atom is 0.330 e. The second-order valence-electron chi connectivity index (χ2n) is 22.0. The molecule has 24 nitrogen and oxygen atoms in total. The van der Waals surface area contributed by atoms with Gasteiger partial charge in [-0.1, -0.05) is 32.9 Å². The van der Waals surface area contributed by atoms with Crippen LogP contribution in [0.2, 0.25) is 0 Å². The average molecular weight is 1060 g/mol. The quantitative estimate of drug-likeness (QED) is 0.0692. The van der Waals surface area contributed by atoms with Gasteiger partial charge in [0.15, 0.2) is 12.6 Å². The van der Waals surface area contributed by atoms with E-state index in [9.17, 15) is 49.8 Å². The fourth-order valence-corrected chi connectivity index (χ4v) is 11.2. The zero-order chi connectivity index (χ0) is 55.4. The molecule has 0 aromatic carbocycles. The van der Waals surface area contributed by atoms with E-state index in [2.05, 4.69) is 20.8 Å². The molecule has 0 bridgehead atoms. The highest BCUT2D eigenvalue weighted by atomic mass is 16.7. The van der Waals surface area contributed by atoms with Gasteiger partial charge in [-0.05, 0) is 81.8 Å². The summed E-state index contributed by atoms with van der Waals surface area (Å²) in [6.45, 7) is 17.3. The van der Waals surface area contributed by atoms with Crippen LogP contribution < -0.4 is 21.9 Å². The molecule has 0 unspecified atom stereocenters. The van der Waals surface area contributed by atoms with Crippen molar-refractivity contribution in [3.05, 3.63) is 32.6 Å². The van der Waals surface area contributed by atoms with Gasteiger partial charge in [0.05, 0.1) is 72.5 Å². The zero-order valence-electron chi connectivity index (χ0n) is 45.6. The predicted octanol–water partition coefficient (Wildman–Crippen LogP) is 0.395. The first-order valence-electron chi connectivity index (χ1n) is 25.9. The van der Waals surface area contributed by atoms with Crippen LogP contribution in [0.1, 0.15) is 113 Å². The second kappa shape index (κ2) is 25.2. The number of aromatic nitrogens is 2. The Kier molecular flexibility index (Phi) is 20.9. The number of likely N-dealkylation sites (N-methyl/N-ethyl adjacent to an activating group) is 1. The molecular formula is C50H86N6O18. The Bertz CT molecular complexity index is 2170. The first-order valence-corrected chi connectivity index (χ1v) is 25.9. The molecule has 0 saturated carbocycles. The highest BCUT2D eigenvalue weighted by Gasteiger charge is 2.53. The molecular weight excluding hydrogens is 973 g/mol. The number of aliphatic hydroxyl groups excluding tert-OH is 4. The summed E-state index contributed by atoms with van der Waals surface area (Å²) in [4.78, 5) is 62.0. The van der Waals surface area contributed by atoms with E-state index in [0.717, 1.165) is 0 Å². The van der Waals surface area contributed by atoms with Crippen molar-refractivity contribution >= 4 is 17.7 Å². The second-order valence-corrected chi connectivity index (χ2v) is 22.0. The lowest BCUT2D eigenvalue weighted by Gasteiger charge is -2.49. The lowest BCUT2D eigenvalue weighted by atomic mass is 9.73. The lowest BCUT2D eigenvalue weighted by molar-refractivity contribution is -0.317. The van der Waals surface area contributed by atoms with E-state index < -0.39 is 144 Å². The molecule has 4 aliphatic heterocycles. The van der Waals surface area contributed by atoms with E-state index in [1.165, 1.54) is 31.7 Å². The number of esters is 1. The van der Waals surface area contributed by atoms with Gasteiger partial charge in [-0.2, -0.15) is 0 Å². The highest BCUT2D eigenvalue weighted by molar-refractivity contribution is 5.88. The van der Waals surface area contributed by atoms with Crippen LogP contribution in [-0.2, 0) is 42.8 Å². The third-order valence-electron chi connectivity index (χ3n) is 15.7. The molecule has 0 radical (unpaired) electrons. The molecule has 74 heavy (non-hydrogen) atoms. The summed E-state index contributed by atoms with van der Waals surface area (Å²) in [7, 11) is 5.14. The van der Waals surface area contributed by atoms with Gasteiger partial charge in [0.1, 0.15) is 42.9 Å². The Balaban J connectivity index is 1.45. The monoisotopic (exact) mass is 1060 g/mol. The van der Waals surface area contributed by atoms with Gasteiger partial charge in [0.25, 0.3) is 5.56 Å². The molecule has 21 atom stereocenters. The van der Waals surface area contributed by atoms with Gasteiger partial charge in [0, 0.05) is 55.5 Å². The first kappa shape index (κ1) is 61.2. The number of cyclic esters (lactones) is 1. The number of hydrogen-bond acceptors (Lipinski definition) is 20. The number of methoxy groups -OCH3 is 1. The zero-order valence-corrected chi connectivity index (χ0v) is 45.6. The number of aromatic amines is 1. The van der Waals surface area contributed by atoms with Crippen molar-refractivity contribution in [3.8, 4) is 0 Å². The van der Waals surface area contributed by atoms with Crippen molar-refractivity contribution in [1.29, 1.82) is 0 Å². The number of carbonyl (C=O) groups excluding carboxylic acids is 2. The summed E-state index contributed by atoms with van der Waals surface area (Å²) in [6.07, 6.45) is -10.8. The molecule has 2 amide bonds. The molecule has 4 aliphatic rings. The summed E-state index contributed by atoms with van der Waals surface area (Å²) in [5.41, 5.74) is -5.83. The minimum Gasteiger partial charge on any atom is -0.459 e. The van der Waals surface area contributed by atoms with Crippen LogP contribution in [-0.4, -0.2) is 200 Å². The van der Waals surface area contributed by atoms with Gasteiger partial charge >= 0.3 is 17.7 Å². The van der Waals surface area contributed by atoms with E-state index >= 15 is 0 Å². The van der Waals surface area contributed by atoms with E-state index in [0.29, 0.717) is 6.42 Å². The Hall–Kier alpha value is -3.63. The minimum absolute atomic E-state index is 0.0463. The van der Waals surface area contributed by atoms with Crippen LogP contribution in [0.25, 0.3) is 0 Å². The molecule has 24 heteroatoms. The van der Waals surface area contributed by atoms with Crippen LogP contribution in [0.4, 0.5) is 4.79 Å².